The third kappa shape index (κ3) is 4.30. The fourth-order valence-corrected chi connectivity index (χ4v) is 2.81. The van der Waals surface area contributed by atoms with E-state index >= 15 is 0 Å². The van der Waals surface area contributed by atoms with E-state index < -0.39 is 0 Å². The molecule has 102 valence electrons. The van der Waals surface area contributed by atoms with Crippen LogP contribution in [0.2, 0.25) is 0 Å². The van der Waals surface area contributed by atoms with Gasteiger partial charge < -0.3 is 0 Å². The molecule has 0 N–H and O–H groups in total. The molecule has 2 nitrogen and oxygen atoms in total. The lowest BCUT2D eigenvalue weighted by atomic mass is 9.84. The summed E-state index contributed by atoms with van der Waals surface area (Å²) in [6.07, 6.45) is 7.57. The standard InChI is InChI=1S/C17H22O2/c18-16(14-8-2-1-3-9-14)12-6-4-10-15-11-5-7-13-17(15)19/h1-3,8-9,15H,4-7,10-13H2. The molecule has 1 unspecified atom stereocenters. The van der Waals surface area contributed by atoms with E-state index in [1.165, 1.54) is 6.42 Å². The van der Waals surface area contributed by atoms with Crippen LogP contribution < -0.4 is 0 Å². The van der Waals surface area contributed by atoms with Crippen molar-refractivity contribution in [1.29, 1.82) is 0 Å². The second-order valence-electron chi connectivity index (χ2n) is 5.44. The molecule has 0 aliphatic heterocycles. The summed E-state index contributed by atoms with van der Waals surface area (Å²) in [7, 11) is 0. The maximum Gasteiger partial charge on any atom is 0.162 e. The van der Waals surface area contributed by atoms with Gasteiger partial charge in [-0.15, -0.1) is 0 Å². The Morgan fingerprint density at radius 1 is 1.11 bits per heavy atom. The highest BCUT2D eigenvalue weighted by Crippen LogP contribution is 2.25. The minimum atomic E-state index is 0.218. The van der Waals surface area contributed by atoms with E-state index in [9.17, 15) is 9.59 Å². The lowest BCUT2D eigenvalue weighted by molar-refractivity contribution is -0.124. The molecule has 1 aromatic carbocycles. The van der Waals surface area contributed by atoms with Crippen LogP contribution >= 0.6 is 0 Å². The Bertz CT molecular complexity index is 422. The van der Waals surface area contributed by atoms with Gasteiger partial charge in [-0.2, -0.15) is 0 Å². The number of hydrogen-bond donors (Lipinski definition) is 0. The van der Waals surface area contributed by atoms with Crippen LogP contribution in [0.5, 0.6) is 0 Å². The number of hydrogen-bond acceptors (Lipinski definition) is 2. The van der Waals surface area contributed by atoms with Crippen molar-refractivity contribution in [2.75, 3.05) is 0 Å². The van der Waals surface area contributed by atoms with Crippen molar-refractivity contribution in [2.45, 2.75) is 51.4 Å². The maximum absolute atomic E-state index is 11.9. The molecule has 19 heavy (non-hydrogen) atoms. The van der Waals surface area contributed by atoms with E-state index in [0.717, 1.165) is 44.1 Å². The molecule has 1 aliphatic carbocycles. The highest BCUT2D eigenvalue weighted by atomic mass is 16.1. The predicted molar refractivity (Wildman–Crippen MR) is 76.2 cm³/mol. The molecule has 2 rings (SSSR count). The Morgan fingerprint density at radius 2 is 1.89 bits per heavy atom. The molecule has 1 fully saturated rings. The van der Waals surface area contributed by atoms with E-state index in [1.807, 2.05) is 30.3 Å². The number of unbranched alkanes of at least 4 members (excludes halogenated alkanes) is 1. The first kappa shape index (κ1) is 14.0. The van der Waals surface area contributed by atoms with Gasteiger partial charge in [-0.05, 0) is 25.7 Å². The third-order valence-electron chi connectivity index (χ3n) is 3.98. The molecule has 0 bridgehead atoms. The fourth-order valence-electron chi connectivity index (χ4n) is 2.81. The molecule has 0 radical (unpaired) electrons. The zero-order valence-corrected chi connectivity index (χ0v) is 11.4. The molecule has 0 heterocycles. The number of carbonyl (C=O) groups is 2. The van der Waals surface area contributed by atoms with Crippen molar-refractivity contribution < 1.29 is 9.59 Å². The molecule has 1 atom stereocenters. The van der Waals surface area contributed by atoms with E-state index in [0.29, 0.717) is 12.2 Å². The first-order valence-electron chi connectivity index (χ1n) is 7.38. The van der Waals surface area contributed by atoms with E-state index in [2.05, 4.69) is 0 Å². The van der Waals surface area contributed by atoms with Crippen molar-refractivity contribution >= 4 is 11.6 Å². The molecule has 1 aliphatic rings. The minimum Gasteiger partial charge on any atom is -0.299 e. The van der Waals surface area contributed by atoms with Crippen LogP contribution in [0.3, 0.4) is 0 Å². The zero-order chi connectivity index (χ0) is 13.5. The molecular weight excluding hydrogens is 236 g/mol. The van der Waals surface area contributed by atoms with Gasteiger partial charge in [-0.1, -0.05) is 43.2 Å². The van der Waals surface area contributed by atoms with Crippen molar-refractivity contribution in [2.24, 2.45) is 5.92 Å². The lowest BCUT2D eigenvalue weighted by Crippen LogP contribution is -2.18. The molecule has 0 saturated heterocycles. The van der Waals surface area contributed by atoms with Crippen LogP contribution in [-0.4, -0.2) is 11.6 Å². The Balaban J connectivity index is 1.67. The Morgan fingerprint density at radius 3 is 2.63 bits per heavy atom. The first-order valence-corrected chi connectivity index (χ1v) is 7.38. The average molecular weight is 258 g/mol. The van der Waals surface area contributed by atoms with Crippen LogP contribution in [0, 0.1) is 5.92 Å². The molecular formula is C17H22O2. The van der Waals surface area contributed by atoms with Crippen LogP contribution in [-0.2, 0) is 4.79 Å². The van der Waals surface area contributed by atoms with E-state index in [4.69, 9.17) is 0 Å². The van der Waals surface area contributed by atoms with Crippen molar-refractivity contribution in [3.8, 4) is 0 Å². The van der Waals surface area contributed by atoms with Gasteiger partial charge in [0.05, 0.1) is 0 Å². The molecule has 2 heteroatoms. The van der Waals surface area contributed by atoms with Crippen LogP contribution in [0.15, 0.2) is 30.3 Å². The van der Waals surface area contributed by atoms with Crippen LogP contribution in [0.25, 0.3) is 0 Å². The predicted octanol–water partition coefficient (Wildman–Crippen LogP) is 4.19. The van der Waals surface area contributed by atoms with Gasteiger partial charge in [0.25, 0.3) is 0 Å². The minimum absolute atomic E-state index is 0.218. The Hall–Kier alpha value is -1.44. The molecule has 0 amide bonds. The summed E-state index contributed by atoms with van der Waals surface area (Å²) in [5.74, 6) is 0.941. The quantitative estimate of drug-likeness (QED) is 0.566. The van der Waals surface area contributed by atoms with E-state index in [1.54, 1.807) is 0 Å². The number of ketones is 2. The zero-order valence-electron chi connectivity index (χ0n) is 11.4. The second-order valence-corrected chi connectivity index (χ2v) is 5.44. The van der Waals surface area contributed by atoms with Gasteiger partial charge >= 0.3 is 0 Å². The number of carbonyl (C=O) groups excluding carboxylic acids is 2. The topological polar surface area (TPSA) is 34.1 Å². The SMILES string of the molecule is O=C(CCCCC1CCCCC1=O)c1ccccc1. The highest BCUT2D eigenvalue weighted by Gasteiger charge is 2.21. The highest BCUT2D eigenvalue weighted by molar-refractivity contribution is 5.95. The summed E-state index contributed by atoms with van der Waals surface area (Å²) in [4.78, 5) is 23.6. The number of benzene rings is 1. The summed E-state index contributed by atoms with van der Waals surface area (Å²) in [6.45, 7) is 0. The van der Waals surface area contributed by atoms with Gasteiger partial charge in [-0.25, -0.2) is 0 Å². The molecule has 0 spiro atoms. The fraction of sp³-hybridized carbons (Fsp3) is 0.529. The number of rotatable bonds is 6. The molecule has 1 saturated carbocycles. The van der Waals surface area contributed by atoms with Crippen molar-refractivity contribution in [3.63, 3.8) is 0 Å². The summed E-state index contributed by atoms with van der Waals surface area (Å²) in [5, 5.41) is 0. The number of Topliss-reactive ketones (excluding diaryl/α,β-unsaturated/α-hetero) is 2. The average Bonchev–Trinajstić information content (AvgIpc) is 2.46. The summed E-state index contributed by atoms with van der Waals surface area (Å²) < 4.78 is 0. The normalized spacial score (nSPS) is 19.4. The van der Waals surface area contributed by atoms with Gasteiger partial charge in [0.2, 0.25) is 0 Å². The smallest absolute Gasteiger partial charge is 0.162 e. The molecule has 0 aromatic heterocycles. The van der Waals surface area contributed by atoms with Crippen LogP contribution in [0.4, 0.5) is 0 Å². The summed E-state index contributed by atoms with van der Waals surface area (Å²) in [6, 6.07) is 9.45. The van der Waals surface area contributed by atoms with Crippen molar-refractivity contribution in [1.82, 2.24) is 0 Å². The van der Waals surface area contributed by atoms with Crippen molar-refractivity contribution in [3.05, 3.63) is 35.9 Å². The van der Waals surface area contributed by atoms with Gasteiger partial charge in [0.15, 0.2) is 5.78 Å². The van der Waals surface area contributed by atoms with E-state index in [-0.39, 0.29) is 11.7 Å². The third-order valence-corrected chi connectivity index (χ3v) is 3.98. The molecule has 1 aromatic rings. The Kier molecular flexibility index (Phi) is 5.31. The monoisotopic (exact) mass is 258 g/mol. The summed E-state index contributed by atoms with van der Waals surface area (Å²) in [5.41, 5.74) is 0.802. The largest absolute Gasteiger partial charge is 0.299 e. The van der Waals surface area contributed by atoms with Crippen LogP contribution in [0.1, 0.15) is 61.7 Å². The second kappa shape index (κ2) is 7.22. The maximum atomic E-state index is 11.9. The summed E-state index contributed by atoms with van der Waals surface area (Å²) >= 11 is 0. The van der Waals surface area contributed by atoms with Gasteiger partial charge in [-0.3, -0.25) is 9.59 Å². The first-order chi connectivity index (χ1) is 9.27. The van der Waals surface area contributed by atoms with Gasteiger partial charge in [0.1, 0.15) is 5.78 Å². The Labute approximate surface area is 115 Å². The van der Waals surface area contributed by atoms with Gasteiger partial charge in [0, 0.05) is 24.3 Å². The lowest BCUT2D eigenvalue weighted by Gasteiger charge is -2.19.